The summed E-state index contributed by atoms with van der Waals surface area (Å²) in [5.41, 5.74) is 1.32. The fourth-order valence-corrected chi connectivity index (χ4v) is 5.35. The zero-order valence-electron chi connectivity index (χ0n) is 17.1. The molecule has 0 radical (unpaired) electrons. The summed E-state index contributed by atoms with van der Waals surface area (Å²) >= 11 is 1.27. The number of nitrogens with zero attached hydrogens (tertiary/aromatic N) is 2. The van der Waals surface area contributed by atoms with E-state index in [1.807, 2.05) is 25.1 Å². The summed E-state index contributed by atoms with van der Waals surface area (Å²) in [4.78, 5) is 32.9. The lowest BCUT2D eigenvalue weighted by Gasteiger charge is -2.22. The highest BCUT2D eigenvalue weighted by molar-refractivity contribution is 7.22. The zero-order valence-corrected chi connectivity index (χ0v) is 18.0. The van der Waals surface area contributed by atoms with Gasteiger partial charge < -0.3 is 4.42 Å². The molecule has 6 rings (SSSR count). The summed E-state index contributed by atoms with van der Waals surface area (Å²) in [5, 5.41) is 0.305. The summed E-state index contributed by atoms with van der Waals surface area (Å²) in [6.45, 7) is 1.95. The second-order valence-electron chi connectivity index (χ2n) is 7.88. The van der Waals surface area contributed by atoms with Crippen LogP contribution in [0.3, 0.4) is 0 Å². The van der Waals surface area contributed by atoms with Crippen LogP contribution in [0.5, 0.6) is 0 Å². The Bertz CT molecular complexity index is 1670. The third kappa shape index (κ3) is 2.91. The molecule has 1 aliphatic heterocycles. The number of benzene rings is 3. The normalized spacial score (nSPS) is 15.5. The lowest BCUT2D eigenvalue weighted by molar-refractivity contribution is 0.0971. The van der Waals surface area contributed by atoms with Crippen LogP contribution in [0.1, 0.15) is 33.3 Å². The molecule has 1 aliphatic rings. The predicted molar refractivity (Wildman–Crippen MR) is 122 cm³/mol. The Hall–Kier alpha value is -3.91. The number of anilines is 1. The number of carbonyl (C=O) groups is 1. The van der Waals surface area contributed by atoms with Crippen LogP contribution >= 0.6 is 11.3 Å². The number of carbonyl (C=O) groups excluding carboxylic acids is 1. The molecule has 8 heteroatoms. The fraction of sp³-hybridized carbons (Fsp3) is 0.0800. The minimum absolute atomic E-state index is 0.00957. The maximum atomic E-state index is 15.0. The first-order chi connectivity index (χ1) is 15.9. The number of fused-ring (bicyclic) bond motifs is 3. The molecule has 0 saturated heterocycles. The molecule has 33 heavy (non-hydrogen) atoms. The van der Waals surface area contributed by atoms with E-state index in [0.29, 0.717) is 10.6 Å². The van der Waals surface area contributed by atoms with Crippen LogP contribution in [-0.4, -0.2) is 10.9 Å². The molecule has 3 aromatic carbocycles. The molecule has 2 aromatic heterocycles. The summed E-state index contributed by atoms with van der Waals surface area (Å²) in [6, 6.07) is 14.1. The minimum atomic E-state index is -1.10. The number of hydrogen-bond donors (Lipinski definition) is 0. The molecular formula is C25H14F2N2O3S. The molecule has 0 spiro atoms. The zero-order chi connectivity index (χ0) is 22.9. The van der Waals surface area contributed by atoms with E-state index in [9.17, 15) is 18.4 Å². The number of rotatable bonds is 2. The van der Waals surface area contributed by atoms with Crippen molar-refractivity contribution >= 4 is 43.6 Å². The van der Waals surface area contributed by atoms with Crippen LogP contribution in [-0.2, 0) is 0 Å². The number of aromatic nitrogens is 1. The molecule has 0 aliphatic carbocycles. The van der Waals surface area contributed by atoms with E-state index < -0.39 is 29.0 Å². The van der Waals surface area contributed by atoms with Gasteiger partial charge in [0.25, 0.3) is 5.91 Å². The highest BCUT2D eigenvalue weighted by Crippen LogP contribution is 2.44. The Morgan fingerprint density at radius 3 is 2.67 bits per heavy atom. The van der Waals surface area contributed by atoms with E-state index in [0.717, 1.165) is 22.4 Å². The van der Waals surface area contributed by atoms with Crippen LogP contribution in [0.15, 0.2) is 69.9 Å². The van der Waals surface area contributed by atoms with Gasteiger partial charge in [-0.1, -0.05) is 35.6 Å². The maximum absolute atomic E-state index is 15.0. The van der Waals surface area contributed by atoms with Crippen molar-refractivity contribution < 1.29 is 18.0 Å². The minimum Gasteiger partial charge on any atom is -0.450 e. The number of halogens is 2. The van der Waals surface area contributed by atoms with Crippen LogP contribution in [0.25, 0.3) is 21.2 Å². The standard InChI is InChI=1S/C25H14F2N2O3S/c1-12-6-8-17-19(10-12)33-25(28-17)29-21(14-4-2-3-5-16(14)27)20-22(30)15-11-13(26)7-9-18(15)32-23(20)24(29)31/h2-11,21H,1H3/t21-/m0/s1. The van der Waals surface area contributed by atoms with E-state index in [-0.39, 0.29) is 27.9 Å². The van der Waals surface area contributed by atoms with Gasteiger partial charge in [-0.3, -0.25) is 14.5 Å². The number of aryl methyl sites for hydroxylation is 1. The van der Waals surface area contributed by atoms with Gasteiger partial charge in [0.15, 0.2) is 10.6 Å². The molecule has 0 saturated carbocycles. The van der Waals surface area contributed by atoms with E-state index in [1.54, 1.807) is 6.07 Å². The summed E-state index contributed by atoms with van der Waals surface area (Å²) in [6.07, 6.45) is 0. The summed E-state index contributed by atoms with van der Waals surface area (Å²) in [7, 11) is 0. The van der Waals surface area contributed by atoms with Crippen molar-refractivity contribution in [3.63, 3.8) is 0 Å². The van der Waals surface area contributed by atoms with Gasteiger partial charge in [0, 0.05) is 5.56 Å². The smallest absolute Gasteiger partial charge is 0.297 e. The van der Waals surface area contributed by atoms with Crippen molar-refractivity contribution in [3.05, 3.63) is 105 Å². The highest BCUT2D eigenvalue weighted by Gasteiger charge is 2.45. The molecule has 3 heterocycles. The largest absolute Gasteiger partial charge is 0.450 e. The Labute approximate surface area is 189 Å². The fourth-order valence-electron chi connectivity index (χ4n) is 4.26. The monoisotopic (exact) mass is 460 g/mol. The van der Waals surface area contributed by atoms with E-state index in [1.165, 1.54) is 40.5 Å². The Morgan fingerprint density at radius 2 is 1.85 bits per heavy atom. The average Bonchev–Trinajstić information content (AvgIpc) is 3.33. The van der Waals surface area contributed by atoms with Crippen molar-refractivity contribution in [1.82, 2.24) is 4.98 Å². The van der Waals surface area contributed by atoms with Gasteiger partial charge in [0.1, 0.15) is 23.3 Å². The van der Waals surface area contributed by atoms with Gasteiger partial charge in [-0.2, -0.15) is 0 Å². The molecule has 1 amide bonds. The van der Waals surface area contributed by atoms with E-state index in [2.05, 4.69) is 4.98 Å². The third-order valence-corrected chi connectivity index (χ3v) is 6.79. The van der Waals surface area contributed by atoms with Crippen molar-refractivity contribution in [2.75, 3.05) is 4.90 Å². The average molecular weight is 460 g/mol. The quantitative estimate of drug-likeness (QED) is 0.337. The van der Waals surface area contributed by atoms with Gasteiger partial charge >= 0.3 is 0 Å². The van der Waals surface area contributed by atoms with Gasteiger partial charge in [-0.15, -0.1) is 0 Å². The van der Waals surface area contributed by atoms with E-state index >= 15 is 0 Å². The maximum Gasteiger partial charge on any atom is 0.297 e. The Kier molecular flexibility index (Phi) is 4.22. The molecule has 1 atom stereocenters. The molecule has 0 unspecified atom stereocenters. The number of hydrogen-bond acceptors (Lipinski definition) is 5. The van der Waals surface area contributed by atoms with Gasteiger partial charge in [0.05, 0.1) is 21.2 Å². The molecule has 0 N–H and O–H groups in total. The first-order valence-electron chi connectivity index (χ1n) is 10.1. The second-order valence-corrected chi connectivity index (χ2v) is 8.89. The molecule has 0 fully saturated rings. The lowest BCUT2D eigenvalue weighted by atomic mass is 9.98. The van der Waals surface area contributed by atoms with Gasteiger partial charge in [0.2, 0.25) is 5.76 Å². The SMILES string of the molecule is Cc1ccc2nc(N3C(=O)c4oc5ccc(F)cc5c(=O)c4[C@@H]3c3ccccc3F)sc2c1. The predicted octanol–water partition coefficient (Wildman–Crippen LogP) is 5.74. The van der Waals surface area contributed by atoms with Crippen molar-refractivity contribution in [1.29, 1.82) is 0 Å². The Balaban J connectivity index is 1.66. The molecule has 5 nitrogen and oxygen atoms in total. The highest BCUT2D eigenvalue weighted by atomic mass is 32.1. The van der Waals surface area contributed by atoms with Crippen LogP contribution < -0.4 is 10.3 Å². The van der Waals surface area contributed by atoms with Crippen LogP contribution in [0.2, 0.25) is 0 Å². The number of amides is 1. The number of thiazole rings is 1. The Morgan fingerprint density at radius 1 is 1.03 bits per heavy atom. The lowest BCUT2D eigenvalue weighted by Crippen LogP contribution is -2.30. The molecular weight excluding hydrogens is 446 g/mol. The second kappa shape index (κ2) is 7.05. The van der Waals surface area contributed by atoms with Crippen molar-refractivity contribution in [2.24, 2.45) is 0 Å². The third-order valence-electron chi connectivity index (χ3n) is 5.77. The first kappa shape index (κ1) is 19.8. The van der Waals surface area contributed by atoms with Gasteiger partial charge in [-0.25, -0.2) is 13.8 Å². The topological polar surface area (TPSA) is 63.4 Å². The van der Waals surface area contributed by atoms with Crippen molar-refractivity contribution in [3.8, 4) is 0 Å². The summed E-state index contributed by atoms with van der Waals surface area (Å²) in [5.74, 6) is -1.98. The molecule has 0 bridgehead atoms. The summed E-state index contributed by atoms with van der Waals surface area (Å²) < 4.78 is 35.5. The molecule has 162 valence electrons. The van der Waals surface area contributed by atoms with Gasteiger partial charge in [-0.05, 0) is 48.9 Å². The van der Waals surface area contributed by atoms with Crippen LogP contribution in [0, 0.1) is 18.6 Å². The molecule has 5 aromatic rings. The first-order valence-corrected chi connectivity index (χ1v) is 11.0. The van der Waals surface area contributed by atoms with Crippen LogP contribution in [0.4, 0.5) is 13.9 Å². The van der Waals surface area contributed by atoms with E-state index in [4.69, 9.17) is 4.42 Å². The van der Waals surface area contributed by atoms with Crippen molar-refractivity contribution in [2.45, 2.75) is 13.0 Å².